The van der Waals surface area contributed by atoms with Crippen molar-refractivity contribution in [3.05, 3.63) is 57.0 Å². The summed E-state index contributed by atoms with van der Waals surface area (Å²) < 4.78 is 28.6. The van der Waals surface area contributed by atoms with Crippen molar-refractivity contribution in [1.82, 2.24) is 4.31 Å². The molecule has 1 N–H and O–H groups in total. The third-order valence-electron chi connectivity index (χ3n) is 4.85. The molecule has 0 unspecified atom stereocenters. The molecule has 1 aliphatic heterocycles. The lowest BCUT2D eigenvalue weighted by Crippen LogP contribution is -2.39. The molecule has 0 bridgehead atoms. The molecule has 0 aliphatic carbocycles. The SMILES string of the molecule is Cc1cc(NC(=O)c2ccc(Cl)c(S(=O)(=O)N3CCC[C@H](C)C3)c2)ccc1Br. The maximum absolute atomic E-state index is 13.1. The summed E-state index contributed by atoms with van der Waals surface area (Å²) in [5.41, 5.74) is 1.86. The predicted octanol–water partition coefficient (Wildman–Crippen LogP) is 5.08. The van der Waals surface area contributed by atoms with Crippen LogP contribution in [-0.2, 0) is 10.0 Å². The molecule has 8 heteroatoms. The van der Waals surface area contributed by atoms with Crippen LogP contribution in [0.1, 0.15) is 35.7 Å². The molecule has 0 spiro atoms. The first-order valence-electron chi connectivity index (χ1n) is 9.05. The van der Waals surface area contributed by atoms with E-state index in [9.17, 15) is 13.2 Å². The maximum Gasteiger partial charge on any atom is 0.255 e. The van der Waals surface area contributed by atoms with E-state index in [4.69, 9.17) is 11.6 Å². The minimum Gasteiger partial charge on any atom is -0.322 e. The van der Waals surface area contributed by atoms with Crippen LogP contribution in [0.25, 0.3) is 0 Å². The molecule has 0 saturated carbocycles. The van der Waals surface area contributed by atoms with E-state index in [1.807, 2.05) is 26.0 Å². The van der Waals surface area contributed by atoms with Gasteiger partial charge in [0.2, 0.25) is 10.0 Å². The highest BCUT2D eigenvalue weighted by Gasteiger charge is 2.30. The number of carbonyl (C=O) groups is 1. The molecule has 1 saturated heterocycles. The van der Waals surface area contributed by atoms with Crippen LogP contribution in [0.4, 0.5) is 5.69 Å². The maximum atomic E-state index is 13.1. The van der Waals surface area contributed by atoms with Gasteiger partial charge in [-0.25, -0.2) is 8.42 Å². The molecule has 1 atom stereocenters. The van der Waals surface area contributed by atoms with E-state index < -0.39 is 10.0 Å². The number of hydrogen-bond donors (Lipinski definition) is 1. The van der Waals surface area contributed by atoms with Gasteiger partial charge in [0.25, 0.3) is 5.91 Å². The number of benzene rings is 2. The Bertz CT molecular complexity index is 1010. The Morgan fingerprint density at radius 2 is 2.00 bits per heavy atom. The van der Waals surface area contributed by atoms with Crippen molar-refractivity contribution in [2.24, 2.45) is 5.92 Å². The van der Waals surface area contributed by atoms with E-state index in [1.165, 1.54) is 22.5 Å². The lowest BCUT2D eigenvalue weighted by atomic mass is 10.0. The summed E-state index contributed by atoms with van der Waals surface area (Å²) >= 11 is 9.62. The number of amides is 1. The summed E-state index contributed by atoms with van der Waals surface area (Å²) in [6.45, 7) is 4.89. The van der Waals surface area contributed by atoms with Crippen LogP contribution in [0.5, 0.6) is 0 Å². The van der Waals surface area contributed by atoms with Gasteiger partial charge in [-0.3, -0.25) is 4.79 Å². The van der Waals surface area contributed by atoms with Gasteiger partial charge in [-0.15, -0.1) is 0 Å². The monoisotopic (exact) mass is 484 g/mol. The first-order valence-corrected chi connectivity index (χ1v) is 11.7. The van der Waals surface area contributed by atoms with Crippen molar-refractivity contribution >= 4 is 49.1 Å². The fourth-order valence-corrected chi connectivity index (χ4v) is 5.62. The number of carbonyl (C=O) groups excluding carboxylic acids is 1. The quantitative estimate of drug-likeness (QED) is 0.656. The standard InChI is InChI=1S/C20H22BrClN2O3S/c1-13-4-3-9-24(12-13)28(26,27)19-11-15(5-8-18(19)22)20(25)23-16-6-7-17(21)14(2)10-16/h5-8,10-11,13H,3-4,9,12H2,1-2H3,(H,23,25)/t13-/m0/s1. The zero-order chi connectivity index (χ0) is 20.5. The number of nitrogens with zero attached hydrogens (tertiary/aromatic N) is 1. The minimum absolute atomic E-state index is 0.0251. The first-order chi connectivity index (χ1) is 13.2. The molecular formula is C20H22BrClN2O3S. The number of sulfonamides is 1. The topological polar surface area (TPSA) is 66.5 Å². The average molecular weight is 486 g/mol. The zero-order valence-corrected chi connectivity index (χ0v) is 18.9. The number of nitrogens with one attached hydrogen (secondary N) is 1. The van der Waals surface area contributed by atoms with Gasteiger partial charge in [-0.2, -0.15) is 4.31 Å². The number of piperidine rings is 1. The third-order valence-corrected chi connectivity index (χ3v) is 8.08. The van der Waals surface area contributed by atoms with Crippen LogP contribution >= 0.6 is 27.5 Å². The Hall–Kier alpha value is -1.41. The van der Waals surface area contributed by atoms with Crippen molar-refractivity contribution in [2.75, 3.05) is 18.4 Å². The number of rotatable bonds is 4. The molecule has 1 aliphatic rings. The van der Waals surface area contributed by atoms with Gasteiger partial charge >= 0.3 is 0 Å². The van der Waals surface area contributed by atoms with Gasteiger partial charge in [-0.05, 0) is 67.6 Å². The van der Waals surface area contributed by atoms with E-state index in [2.05, 4.69) is 21.2 Å². The van der Waals surface area contributed by atoms with Crippen molar-refractivity contribution in [2.45, 2.75) is 31.6 Å². The zero-order valence-electron chi connectivity index (χ0n) is 15.7. The van der Waals surface area contributed by atoms with E-state index in [0.717, 1.165) is 22.9 Å². The first kappa shape index (κ1) is 21.3. The Morgan fingerprint density at radius 1 is 1.25 bits per heavy atom. The Kier molecular flexibility index (Phi) is 6.49. The van der Waals surface area contributed by atoms with Gasteiger partial charge in [0.05, 0.1) is 5.02 Å². The Balaban J connectivity index is 1.88. The average Bonchev–Trinajstić information content (AvgIpc) is 2.65. The number of hydrogen-bond acceptors (Lipinski definition) is 3. The lowest BCUT2D eigenvalue weighted by molar-refractivity contribution is 0.102. The summed E-state index contributed by atoms with van der Waals surface area (Å²) in [6, 6.07) is 9.81. The smallest absolute Gasteiger partial charge is 0.255 e. The summed E-state index contributed by atoms with van der Waals surface area (Å²) in [4.78, 5) is 12.6. The molecule has 0 radical (unpaired) electrons. The summed E-state index contributed by atoms with van der Waals surface area (Å²) in [7, 11) is -3.75. The molecule has 2 aromatic rings. The fraction of sp³-hybridized carbons (Fsp3) is 0.350. The summed E-state index contributed by atoms with van der Waals surface area (Å²) in [5.74, 6) is -0.0868. The van der Waals surface area contributed by atoms with Crippen LogP contribution in [-0.4, -0.2) is 31.7 Å². The normalized spacial score (nSPS) is 18.1. The summed E-state index contributed by atoms with van der Waals surface area (Å²) in [5, 5.41) is 2.92. The molecule has 5 nitrogen and oxygen atoms in total. The van der Waals surface area contributed by atoms with E-state index in [0.29, 0.717) is 24.7 Å². The second kappa shape index (κ2) is 8.53. The second-order valence-corrected chi connectivity index (χ2v) is 10.3. The van der Waals surface area contributed by atoms with E-state index >= 15 is 0 Å². The van der Waals surface area contributed by atoms with E-state index in [1.54, 1.807) is 6.07 Å². The van der Waals surface area contributed by atoms with Crippen molar-refractivity contribution in [3.63, 3.8) is 0 Å². The molecule has 0 aromatic heterocycles. The number of aryl methyl sites for hydroxylation is 1. The molecule has 1 fully saturated rings. The minimum atomic E-state index is -3.75. The largest absolute Gasteiger partial charge is 0.322 e. The van der Waals surface area contributed by atoms with Crippen molar-refractivity contribution in [3.8, 4) is 0 Å². The van der Waals surface area contributed by atoms with Gasteiger partial charge in [0.1, 0.15) is 4.90 Å². The highest BCUT2D eigenvalue weighted by atomic mass is 79.9. The van der Waals surface area contributed by atoms with Gasteiger partial charge in [-0.1, -0.05) is 34.5 Å². The Labute approximate surface area is 179 Å². The third kappa shape index (κ3) is 4.59. The highest BCUT2D eigenvalue weighted by molar-refractivity contribution is 9.10. The highest BCUT2D eigenvalue weighted by Crippen LogP contribution is 2.29. The number of anilines is 1. The van der Waals surface area contributed by atoms with Gasteiger partial charge in [0, 0.05) is 28.8 Å². The molecule has 1 amide bonds. The Morgan fingerprint density at radius 3 is 2.68 bits per heavy atom. The van der Waals surface area contributed by atoms with Crippen LogP contribution in [0.3, 0.4) is 0 Å². The molecule has 150 valence electrons. The van der Waals surface area contributed by atoms with Crippen LogP contribution in [0.2, 0.25) is 5.02 Å². The van der Waals surface area contributed by atoms with Gasteiger partial charge in [0.15, 0.2) is 0 Å². The van der Waals surface area contributed by atoms with Crippen LogP contribution in [0.15, 0.2) is 45.8 Å². The van der Waals surface area contributed by atoms with Gasteiger partial charge < -0.3 is 5.32 Å². The second-order valence-electron chi connectivity index (χ2n) is 7.17. The van der Waals surface area contributed by atoms with Crippen molar-refractivity contribution < 1.29 is 13.2 Å². The number of halogens is 2. The van der Waals surface area contributed by atoms with E-state index in [-0.39, 0.29) is 21.4 Å². The molecule has 28 heavy (non-hydrogen) atoms. The fourth-order valence-electron chi connectivity index (χ4n) is 3.27. The summed E-state index contributed by atoms with van der Waals surface area (Å²) in [6.07, 6.45) is 1.83. The predicted molar refractivity (Wildman–Crippen MR) is 115 cm³/mol. The van der Waals surface area contributed by atoms with Crippen LogP contribution in [0, 0.1) is 12.8 Å². The molecule has 3 rings (SSSR count). The lowest BCUT2D eigenvalue weighted by Gasteiger charge is -2.30. The molecule has 2 aromatic carbocycles. The van der Waals surface area contributed by atoms with Crippen LogP contribution < -0.4 is 5.32 Å². The van der Waals surface area contributed by atoms with Crippen molar-refractivity contribution in [1.29, 1.82) is 0 Å². The molecular weight excluding hydrogens is 464 g/mol. The molecule has 1 heterocycles.